The summed E-state index contributed by atoms with van der Waals surface area (Å²) in [7, 11) is 0. The minimum absolute atomic E-state index is 0.305. The van der Waals surface area contributed by atoms with E-state index in [9.17, 15) is 0 Å². The molecule has 0 saturated carbocycles. The fraction of sp³-hybridized carbons (Fsp3) is 0.750. The highest BCUT2D eigenvalue weighted by molar-refractivity contribution is 5.35. The van der Waals surface area contributed by atoms with Gasteiger partial charge in [0.15, 0.2) is 0 Å². The van der Waals surface area contributed by atoms with Gasteiger partial charge in [-0.05, 0) is 27.2 Å². The van der Waals surface area contributed by atoms with Gasteiger partial charge in [0.05, 0.1) is 18.8 Å². The molecule has 4 nitrogen and oxygen atoms in total. The molecule has 4 heteroatoms. The standard InChI is InChI=1S/C12H23N3O/c1-5-11(4)15-12(7-8-13-15)14-10(3)9-16-6-2/h7-8,10-11,14H,5-6,9H2,1-4H3. The SMILES string of the molecule is CCOCC(C)Nc1ccnn1C(C)CC. The summed E-state index contributed by atoms with van der Waals surface area (Å²) in [6, 6.07) is 2.74. The third kappa shape index (κ3) is 3.52. The molecule has 1 aromatic rings. The van der Waals surface area contributed by atoms with Crippen LogP contribution in [0.25, 0.3) is 0 Å². The van der Waals surface area contributed by atoms with Crippen LogP contribution in [0.4, 0.5) is 5.82 Å². The van der Waals surface area contributed by atoms with Crippen LogP contribution in [0.15, 0.2) is 12.3 Å². The molecule has 1 aromatic heterocycles. The monoisotopic (exact) mass is 225 g/mol. The fourth-order valence-electron chi connectivity index (χ4n) is 1.54. The van der Waals surface area contributed by atoms with Crippen LogP contribution in [0.3, 0.4) is 0 Å². The van der Waals surface area contributed by atoms with Crippen molar-refractivity contribution in [2.24, 2.45) is 0 Å². The molecular formula is C12H23N3O. The van der Waals surface area contributed by atoms with Crippen molar-refractivity contribution in [1.29, 1.82) is 0 Å². The van der Waals surface area contributed by atoms with E-state index in [1.807, 2.05) is 23.9 Å². The molecule has 2 atom stereocenters. The van der Waals surface area contributed by atoms with Crippen molar-refractivity contribution in [3.8, 4) is 0 Å². The first-order valence-corrected chi connectivity index (χ1v) is 6.06. The summed E-state index contributed by atoms with van der Waals surface area (Å²) >= 11 is 0. The summed E-state index contributed by atoms with van der Waals surface area (Å²) in [6.07, 6.45) is 2.91. The summed E-state index contributed by atoms with van der Waals surface area (Å²) in [5, 5.41) is 7.75. The van der Waals surface area contributed by atoms with E-state index in [1.165, 1.54) is 0 Å². The summed E-state index contributed by atoms with van der Waals surface area (Å²) in [6.45, 7) is 9.95. The Bertz CT molecular complexity index is 298. The predicted octanol–water partition coefficient (Wildman–Crippen LogP) is 2.69. The van der Waals surface area contributed by atoms with Gasteiger partial charge in [0.1, 0.15) is 5.82 Å². The molecule has 0 bridgehead atoms. The lowest BCUT2D eigenvalue weighted by molar-refractivity contribution is 0.141. The number of nitrogens with zero attached hydrogens (tertiary/aromatic N) is 2. The molecule has 16 heavy (non-hydrogen) atoms. The van der Waals surface area contributed by atoms with E-state index < -0.39 is 0 Å². The average Bonchev–Trinajstić information content (AvgIpc) is 2.73. The van der Waals surface area contributed by atoms with Gasteiger partial charge >= 0.3 is 0 Å². The molecule has 0 saturated heterocycles. The lowest BCUT2D eigenvalue weighted by Gasteiger charge is -2.18. The Morgan fingerprint density at radius 3 is 2.81 bits per heavy atom. The summed E-state index contributed by atoms with van der Waals surface area (Å²) in [4.78, 5) is 0. The molecule has 0 radical (unpaired) electrons. The van der Waals surface area contributed by atoms with Crippen LogP contribution in [-0.4, -0.2) is 29.0 Å². The quantitative estimate of drug-likeness (QED) is 0.775. The van der Waals surface area contributed by atoms with Crippen molar-refractivity contribution < 1.29 is 4.74 Å². The number of rotatable bonds is 7. The van der Waals surface area contributed by atoms with Gasteiger partial charge in [0.2, 0.25) is 0 Å². The van der Waals surface area contributed by atoms with E-state index >= 15 is 0 Å². The largest absolute Gasteiger partial charge is 0.380 e. The van der Waals surface area contributed by atoms with Crippen LogP contribution >= 0.6 is 0 Å². The van der Waals surface area contributed by atoms with E-state index in [4.69, 9.17) is 4.74 Å². The zero-order chi connectivity index (χ0) is 12.0. The first-order valence-electron chi connectivity index (χ1n) is 6.06. The number of nitrogens with one attached hydrogen (secondary N) is 1. The Balaban J connectivity index is 2.56. The Hall–Kier alpha value is -1.03. The summed E-state index contributed by atoms with van der Waals surface area (Å²) in [5.74, 6) is 1.07. The topological polar surface area (TPSA) is 39.1 Å². The van der Waals surface area contributed by atoms with Gasteiger partial charge in [-0.25, -0.2) is 4.68 Å². The number of hydrogen-bond acceptors (Lipinski definition) is 3. The van der Waals surface area contributed by atoms with Crippen LogP contribution in [0, 0.1) is 0 Å². The summed E-state index contributed by atoms with van der Waals surface area (Å²) in [5.41, 5.74) is 0. The lowest BCUT2D eigenvalue weighted by atomic mass is 10.2. The molecule has 0 fully saturated rings. The fourth-order valence-corrected chi connectivity index (χ4v) is 1.54. The van der Waals surface area contributed by atoms with Gasteiger partial charge in [-0.1, -0.05) is 6.92 Å². The smallest absolute Gasteiger partial charge is 0.124 e. The van der Waals surface area contributed by atoms with Crippen molar-refractivity contribution in [3.05, 3.63) is 12.3 Å². The highest BCUT2D eigenvalue weighted by Crippen LogP contribution is 2.16. The Morgan fingerprint density at radius 1 is 1.44 bits per heavy atom. The van der Waals surface area contributed by atoms with E-state index in [1.54, 1.807) is 0 Å². The third-order valence-corrected chi connectivity index (χ3v) is 2.64. The van der Waals surface area contributed by atoms with Crippen LogP contribution in [0.5, 0.6) is 0 Å². The first kappa shape index (κ1) is 13.0. The molecule has 0 spiro atoms. The van der Waals surface area contributed by atoms with E-state index in [2.05, 4.69) is 31.2 Å². The first-order chi connectivity index (χ1) is 7.69. The minimum atomic E-state index is 0.305. The van der Waals surface area contributed by atoms with E-state index in [0.717, 1.165) is 25.5 Å². The van der Waals surface area contributed by atoms with Crippen LogP contribution < -0.4 is 5.32 Å². The van der Waals surface area contributed by atoms with Gasteiger partial charge < -0.3 is 10.1 Å². The van der Waals surface area contributed by atoms with Crippen molar-refractivity contribution in [3.63, 3.8) is 0 Å². The molecule has 0 amide bonds. The highest BCUT2D eigenvalue weighted by atomic mass is 16.5. The second-order valence-electron chi connectivity index (χ2n) is 4.12. The second-order valence-corrected chi connectivity index (χ2v) is 4.12. The van der Waals surface area contributed by atoms with E-state index in [0.29, 0.717) is 12.1 Å². The minimum Gasteiger partial charge on any atom is -0.380 e. The van der Waals surface area contributed by atoms with Crippen molar-refractivity contribution in [2.75, 3.05) is 18.5 Å². The second kappa shape index (κ2) is 6.53. The van der Waals surface area contributed by atoms with Crippen LogP contribution in [-0.2, 0) is 4.74 Å². The zero-order valence-corrected chi connectivity index (χ0v) is 10.7. The Kier molecular flexibility index (Phi) is 5.32. The molecule has 0 aromatic carbocycles. The maximum absolute atomic E-state index is 5.38. The van der Waals surface area contributed by atoms with Gasteiger partial charge in [0.25, 0.3) is 0 Å². The molecule has 1 heterocycles. The molecular weight excluding hydrogens is 202 g/mol. The van der Waals surface area contributed by atoms with Crippen molar-refractivity contribution in [2.45, 2.75) is 46.2 Å². The van der Waals surface area contributed by atoms with Crippen LogP contribution in [0.2, 0.25) is 0 Å². The average molecular weight is 225 g/mol. The molecule has 0 aliphatic carbocycles. The Morgan fingerprint density at radius 2 is 2.19 bits per heavy atom. The zero-order valence-electron chi connectivity index (χ0n) is 10.7. The molecule has 2 unspecified atom stereocenters. The molecule has 1 N–H and O–H groups in total. The molecule has 1 rings (SSSR count). The number of aromatic nitrogens is 2. The lowest BCUT2D eigenvalue weighted by Crippen LogP contribution is -2.24. The van der Waals surface area contributed by atoms with Crippen LogP contribution in [0.1, 0.15) is 40.2 Å². The maximum Gasteiger partial charge on any atom is 0.124 e. The molecule has 0 aliphatic heterocycles. The highest BCUT2D eigenvalue weighted by Gasteiger charge is 2.10. The van der Waals surface area contributed by atoms with E-state index in [-0.39, 0.29) is 0 Å². The van der Waals surface area contributed by atoms with Crippen molar-refractivity contribution in [1.82, 2.24) is 9.78 Å². The Labute approximate surface area is 98.0 Å². The predicted molar refractivity (Wildman–Crippen MR) is 66.8 cm³/mol. The number of hydrogen-bond donors (Lipinski definition) is 1. The molecule has 0 aliphatic rings. The maximum atomic E-state index is 5.38. The van der Waals surface area contributed by atoms with Gasteiger partial charge in [0, 0.05) is 18.7 Å². The molecule has 92 valence electrons. The van der Waals surface area contributed by atoms with Gasteiger partial charge in [-0.15, -0.1) is 0 Å². The number of ether oxygens (including phenoxy) is 1. The normalized spacial score (nSPS) is 14.8. The van der Waals surface area contributed by atoms with Gasteiger partial charge in [-0.2, -0.15) is 5.10 Å². The van der Waals surface area contributed by atoms with Gasteiger partial charge in [-0.3, -0.25) is 0 Å². The summed E-state index contributed by atoms with van der Waals surface area (Å²) < 4.78 is 7.41. The third-order valence-electron chi connectivity index (χ3n) is 2.64. The number of anilines is 1. The van der Waals surface area contributed by atoms with Crippen molar-refractivity contribution >= 4 is 5.82 Å².